The van der Waals surface area contributed by atoms with Crippen molar-refractivity contribution in [2.75, 3.05) is 0 Å². The Bertz CT molecular complexity index is 7170. The Balaban J connectivity index is 0.634. The molecule has 21 aromatic rings. The van der Waals surface area contributed by atoms with Gasteiger partial charge in [-0.2, -0.15) is 0 Å². The lowest BCUT2D eigenvalue weighted by Gasteiger charge is -2.14. The Morgan fingerprint density at radius 2 is 0.670 bits per heavy atom. The predicted molar refractivity (Wildman–Crippen MR) is 417 cm³/mol. The van der Waals surface area contributed by atoms with E-state index in [0.29, 0.717) is 0 Å². The van der Waals surface area contributed by atoms with Crippen molar-refractivity contribution in [2.24, 2.45) is 0 Å². The van der Waals surface area contributed by atoms with Crippen LogP contribution >= 0.6 is 0 Å². The summed E-state index contributed by atoms with van der Waals surface area (Å²) in [5.41, 5.74) is 30.5. The first-order valence-corrected chi connectivity index (χ1v) is 34.4. The maximum atomic E-state index is 5.36. The van der Waals surface area contributed by atoms with Gasteiger partial charge in [0.2, 0.25) is 0 Å². The van der Waals surface area contributed by atoms with Crippen molar-refractivity contribution in [3.05, 3.63) is 328 Å². The summed E-state index contributed by atoms with van der Waals surface area (Å²) in [5.74, 6) is 0. The number of hydrogen-bond donors (Lipinski definition) is 0. The number of pyridine rings is 2. The van der Waals surface area contributed by atoms with Gasteiger partial charge in [0, 0.05) is 106 Å². The lowest BCUT2D eigenvalue weighted by atomic mass is 9.99. The molecule has 0 unspecified atom stereocenters. The average Bonchev–Trinajstić information content (AvgIpc) is 1.56. The van der Waals surface area contributed by atoms with Gasteiger partial charge < -0.3 is 18.3 Å². The SMILES string of the molecule is c1ccc(-n2c3ccc(-c4ccc5c6ccccc6n(-c6ccc7c8c(cccc68)-c6cnccc6-7)c5c4)cc3c3cc(-c4cc5c(cn4)-c4cccc6c(-n7c8ccccc8c8cc(-c9ccc%10c(c9)c9ccc%11ccccc%11c9n%10-c9ccccc9)ccc87)ccc-5c46)ccc32)cc1. The third-order valence-electron chi connectivity index (χ3n) is 22.2. The van der Waals surface area contributed by atoms with E-state index < -0.39 is 0 Å². The van der Waals surface area contributed by atoms with Gasteiger partial charge in [-0.25, -0.2) is 0 Å². The van der Waals surface area contributed by atoms with E-state index in [2.05, 4.69) is 339 Å². The van der Waals surface area contributed by atoms with Crippen LogP contribution < -0.4 is 0 Å². The molecule has 100 heavy (non-hydrogen) atoms. The third-order valence-corrected chi connectivity index (χ3v) is 22.2. The van der Waals surface area contributed by atoms with E-state index >= 15 is 0 Å². The minimum absolute atomic E-state index is 0.942. The van der Waals surface area contributed by atoms with Crippen LogP contribution in [0.15, 0.2) is 328 Å². The molecule has 0 N–H and O–H groups in total. The number of nitrogens with zero attached hydrogens (tertiary/aromatic N) is 6. The maximum Gasteiger partial charge on any atom is 0.0708 e. The summed E-state index contributed by atoms with van der Waals surface area (Å²) in [6, 6.07) is 115. The Kier molecular flexibility index (Phi) is 10.8. The number of benzene rings is 15. The van der Waals surface area contributed by atoms with Crippen molar-refractivity contribution in [3.8, 4) is 101 Å². The first kappa shape index (κ1) is 53.8. The number of hydrogen-bond acceptors (Lipinski definition) is 2. The second-order valence-electron chi connectivity index (χ2n) is 27.1. The molecule has 0 spiro atoms. The molecule has 0 saturated carbocycles. The van der Waals surface area contributed by atoms with E-state index in [1.54, 1.807) is 0 Å². The molecule has 15 aromatic carbocycles. The van der Waals surface area contributed by atoms with Gasteiger partial charge in [0.15, 0.2) is 0 Å². The van der Waals surface area contributed by atoms with Crippen LogP contribution in [0.5, 0.6) is 0 Å². The van der Waals surface area contributed by atoms with Crippen LogP contribution in [-0.4, -0.2) is 28.2 Å². The topological polar surface area (TPSA) is 45.5 Å². The van der Waals surface area contributed by atoms with Gasteiger partial charge in [-0.3, -0.25) is 9.97 Å². The fourth-order valence-corrected chi connectivity index (χ4v) is 17.8. The van der Waals surface area contributed by atoms with Crippen molar-refractivity contribution < 1.29 is 0 Å². The van der Waals surface area contributed by atoms with E-state index in [1.807, 2.05) is 12.4 Å². The maximum absolute atomic E-state index is 5.36. The third kappa shape index (κ3) is 7.35. The molecule has 0 bridgehead atoms. The lowest BCUT2D eigenvalue weighted by Crippen LogP contribution is -1.96. The molecular weight excluding hydrogens is 1210 g/mol. The molecule has 0 atom stereocenters. The summed E-state index contributed by atoms with van der Waals surface area (Å²) in [6.07, 6.45) is 6.04. The molecule has 2 aliphatic rings. The van der Waals surface area contributed by atoms with Gasteiger partial charge in [0.1, 0.15) is 0 Å². The van der Waals surface area contributed by atoms with E-state index in [1.165, 1.54) is 164 Å². The summed E-state index contributed by atoms with van der Waals surface area (Å²) < 4.78 is 9.84. The Morgan fingerprint density at radius 1 is 0.220 bits per heavy atom. The highest BCUT2D eigenvalue weighted by atomic mass is 15.0. The minimum atomic E-state index is 0.942. The largest absolute Gasteiger partial charge is 0.309 e. The van der Waals surface area contributed by atoms with Gasteiger partial charge >= 0.3 is 0 Å². The molecule has 6 nitrogen and oxygen atoms in total. The number of rotatable bonds is 7. The molecule has 460 valence electrons. The fourth-order valence-electron chi connectivity index (χ4n) is 17.8. The summed E-state index contributed by atoms with van der Waals surface area (Å²) >= 11 is 0. The Hall–Kier alpha value is -13.4. The quantitative estimate of drug-likeness (QED) is 0.160. The summed E-state index contributed by atoms with van der Waals surface area (Å²) in [4.78, 5) is 9.90. The zero-order valence-corrected chi connectivity index (χ0v) is 53.9. The molecule has 0 aliphatic heterocycles. The highest BCUT2D eigenvalue weighted by Gasteiger charge is 2.28. The van der Waals surface area contributed by atoms with Crippen molar-refractivity contribution in [2.45, 2.75) is 0 Å². The van der Waals surface area contributed by atoms with Crippen molar-refractivity contribution in [1.29, 1.82) is 0 Å². The van der Waals surface area contributed by atoms with Gasteiger partial charge in [-0.15, -0.1) is 0 Å². The second-order valence-corrected chi connectivity index (χ2v) is 27.1. The van der Waals surface area contributed by atoms with Gasteiger partial charge in [-0.05, 0) is 187 Å². The van der Waals surface area contributed by atoms with Gasteiger partial charge in [0.25, 0.3) is 0 Å². The van der Waals surface area contributed by atoms with Crippen molar-refractivity contribution in [3.63, 3.8) is 0 Å². The van der Waals surface area contributed by atoms with Gasteiger partial charge in [0.05, 0.1) is 61.2 Å². The number of para-hydroxylation sites is 4. The van der Waals surface area contributed by atoms with E-state index in [-0.39, 0.29) is 0 Å². The van der Waals surface area contributed by atoms with E-state index in [9.17, 15) is 0 Å². The monoisotopic (exact) mass is 1270 g/mol. The van der Waals surface area contributed by atoms with Crippen LogP contribution in [0.2, 0.25) is 0 Å². The number of aromatic nitrogens is 6. The summed E-state index contributed by atoms with van der Waals surface area (Å²) in [5, 5.41) is 17.2. The molecular formula is C94H54N6. The van der Waals surface area contributed by atoms with Crippen LogP contribution in [0, 0.1) is 0 Å². The molecule has 0 radical (unpaired) electrons. The lowest BCUT2D eigenvalue weighted by molar-refractivity contribution is 1.18. The molecule has 0 saturated heterocycles. The first-order valence-electron chi connectivity index (χ1n) is 34.4. The zero-order chi connectivity index (χ0) is 65.0. The van der Waals surface area contributed by atoms with E-state index in [0.717, 1.165) is 56.0 Å². The van der Waals surface area contributed by atoms with Crippen LogP contribution in [0.4, 0.5) is 0 Å². The summed E-state index contributed by atoms with van der Waals surface area (Å²) in [7, 11) is 0. The highest BCUT2D eigenvalue weighted by Crippen LogP contribution is 2.53. The highest BCUT2D eigenvalue weighted by molar-refractivity contribution is 6.23. The van der Waals surface area contributed by atoms with E-state index in [4.69, 9.17) is 4.98 Å². The molecule has 2 aliphatic carbocycles. The molecule has 6 heteroatoms. The fraction of sp³-hybridized carbons (Fsp3) is 0. The van der Waals surface area contributed by atoms with Gasteiger partial charge in [-0.1, -0.05) is 194 Å². The van der Waals surface area contributed by atoms with Crippen molar-refractivity contribution >= 4 is 120 Å². The molecule has 23 rings (SSSR count). The average molecular weight is 1270 g/mol. The normalized spacial score (nSPS) is 12.4. The van der Waals surface area contributed by atoms with Crippen LogP contribution in [0.25, 0.3) is 220 Å². The second kappa shape index (κ2) is 20.1. The molecule has 6 aromatic heterocycles. The smallest absolute Gasteiger partial charge is 0.0708 e. The van der Waals surface area contributed by atoms with Crippen LogP contribution in [-0.2, 0) is 0 Å². The molecule has 0 fully saturated rings. The Morgan fingerprint density at radius 3 is 1.34 bits per heavy atom. The van der Waals surface area contributed by atoms with Crippen LogP contribution in [0.3, 0.4) is 0 Å². The first-order chi connectivity index (χ1) is 49.6. The Labute approximate surface area is 573 Å². The molecule has 6 heterocycles. The van der Waals surface area contributed by atoms with Crippen molar-refractivity contribution in [1.82, 2.24) is 28.2 Å². The zero-order valence-electron chi connectivity index (χ0n) is 53.9. The number of fused-ring (bicyclic) bond motifs is 20. The van der Waals surface area contributed by atoms with Crippen LogP contribution in [0.1, 0.15) is 0 Å². The molecule has 0 amide bonds. The summed E-state index contributed by atoms with van der Waals surface area (Å²) in [6.45, 7) is 0. The predicted octanol–water partition coefficient (Wildman–Crippen LogP) is 24.6. The standard InChI is InChI=1S/C94H54N6/c1-3-16-61(17-4-1)97-87-39-31-58(59-30-35-67-65-21-9-11-27-83(65)100(91(67)51-59)86-43-37-70-64-45-46-95-53-80(64)68-23-13-26-74(86)92(68)70)49-78(87)79-50-60(34-42-88(79)97)82-52-75-71-38-44-85(73-25-14-24-69(93(71)73)81(75)54-96-82)99-84-28-12-10-22-66(84)76-47-56(33-41-90(76)99)57-32-40-89-77(48-57)72-36-29-55-15-7-8-20-63(55)94(72)98(89)62-18-5-2-6-19-62/h1-54H. The minimum Gasteiger partial charge on any atom is -0.309 e.